The van der Waals surface area contributed by atoms with E-state index >= 15 is 0 Å². The molecule has 0 bridgehead atoms. The molecule has 0 heterocycles. The van der Waals surface area contributed by atoms with Gasteiger partial charge in [0.15, 0.2) is 0 Å². The van der Waals surface area contributed by atoms with E-state index in [0.717, 1.165) is 19.3 Å². The van der Waals surface area contributed by atoms with Gasteiger partial charge in [-0.05, 0) is 52.9 Å². The van der Waals surface area contributed by atoms with Crippen LogP contribution in [0.4, 0.5) is 0 Å². The fraction of sp³-hybridized carbons (Fsp3) is 0.857. The largest absolute Gasteiger partial charge is 0.330 e. The maximum atomic E-state index is 12.2. The average molecular weight is 276 g/mol. The predicted molar refractivity (Wildman–Crippen MR) is 78.2 cm³/mol. The highest BCUT2D eigenvalue weighted by Gasteiger charge is 2.23. The van der Waals surface area contributed by atoms with Gasteiger partial charge in [-0.2, -0.15) is 0 Å². The van der Waals surface area contributed by atoms with Crippen molar-refractivity contribution in [2.75, 3.05) is 19.4 Å². The molecule has 0 fully saturated rings. The molecule has 0 N–H and O–H groups in total. The molecule has 0 amide bonds. The Kier molecular flexibility index (Phi) is 9.71. The summed E-state index contributed by atoms with van der Waals surface area (Å²) in [4.78, 5) is 0. The molecule has 0 saturated carbocycles. The van der Waals surface area contributed by atoms with Gasteiger partial charge in [0.25, 0.3) is 0 Å². The van der Waals surface area contributed by atoms with E-state index in [9.17, 15) is 4.57 Å². The molecule has 3 nitrogen and oxygen atoms in total. The van der Waals surface area contributed by atoms with Crippen LogP contribution in [-0.4, -0.2) is 19.4 Å². The van der Waals surface area contributed by atoms with Crippen molar-refractivity contribution in [3.05, 3.63) is 11.6 Å². The summed E-state index contributed by atoms with van der Waals surface area (Å²) in [5.41, 5.74) is 1.36. The summed E-state index contributed by atoms with van der Waals surface area (Å²) < 4.78 is 22.8. The van der Waals surface area contributed by atoms with Crippen LogP contribution in [0.1, 0.15) is 53.9 Å². The van der Waals surface area contributed by atoms with Gasteiger partial charge in [0.2, 0.25) is 0 Å². The van der Waals surface area contributed by atoms with Gasteiger partial charge in [-0.15, -0.1) is 0 Å². The number of hydrogen-bond acceptors (Lipinski definition) is 3. The van der Waals surface area contributed by atoms with Gasteiger partial charge in [-0.1, -0.05) is 18.6 Å². The zero-order chi connectivity index (χ0) is 14.0. The van der Waals surface area contributed by atoms with Crippen LogP contribution in [0.15, 0.2) is 11.6 Å². The van der Waals surface area contributed by atoms with Crippen LogP contribution >= 0.6 is 7.60 Å². The first-order valence-electron chi connectivity index (χ1n) is 6.95. The van der Waals surface area contributed by atoms with E-state index in [1.54, 1.807) is 0 Å². The van der Waals surface area contributed by atoms with E-state index in [4.69, 9.17) is 9.05 Å². The van der Waals surface area contributed by atoms with E-state index in [-0.39, 0.29) is 0 Å². The molecule has 0 aromatic rings. The highest BCUT2D eigenvalue weighted by Crippen LogP contribution is 2.49. The molecule has 0 aliphatic rings. The highest BCUT2D eigenvalue weighted by molar-refractivity contribution is 7.53. The molecule has 1 unspecified atom stereocenters. The topological polar surface area (TPSA) is 35.5 Å². The Morgan fingerprint density at radius 3 is 2.17 bits per heavy atom. The van der Waals surface area contributed by atoms with E-state index in [1.165, 1.54) is 5.57 Å². The third kappa shape index (κ3) is 8.91. The van der Waals surface area contributed by atoms with Gasteiger partial charge in [0, 0.05) is 0 Å². The zero-order valence-electron chi connectivity index (χ0n) is 12.6. The maximum Gasteiger partial charge on any atom is 0.330 e. The summed E-state index contributed by atoms with van der Waals surface area (Å²) >= 11 is 0. The molecule has 0 aliphatic heterocycles. The van der Waals surface area contributed by atoms with Crippen LogP contribution in [0.3, 0.4) is 0 Å². The van der Waals surface area contributed by atoms with Crippen LogP contribution in [-0.2, 0) is 13.6 Å². The average Bonchev–Trinajstić information content (AvgIpc) is 2.27. The first-order chi connectivity index (χ1) is 8.43. The maximum absolute atomic E-state index is 12.2. The molecule has 0 aromatic heterocycles. The Hall–Kier alpha value is -0.110. The van der Waals surface area contributed by atoms with E-state index in [1.807, 2.05) is 13.8 Å². The summed E-state index contributed by atoms with van der Waals surface area (Å²) in [6, 6.07) is 0. The predicted octanol–water partition coefficient (Wildman–Crippen LogP) is 5.03. The molecule has 1 atom stereocenters. The van der Waals surface area contributed by atoms with Crippen molar-refractivity contribution in [3.63, 3.8) is 0 Å². The fourth-order valence-corrected chi connectivity index (χ4v) is 3.62. The van der Waals surface area contributed by atoms with Crippen LogP contribution in [0.2, 0.25) is 0 Å². The van der Waals surface area contributed by atoms with Crippen molar-refractivity contribution in [2.24, 2.45) is 5.92 Å². The monoisotopic (exact) mass is 276 g/mol. The van der Waals surface area contributed by atoms with Crippen molar-refractivity contribution < 1.29 is 13.6 Å². The summed E-state index contributed by atoms with van der Waals surface area (Å²) in [5.74, 6) is 0.551. The fourth-order valence-electron chi connectivity index (χ4n) is 1.74. The Morgan fingerprint density at radius 2 is 1.72 bits per heavy atom. The highest BCUT2D eigenvalue weighted by atomic mass is 31.2. The molecule has 0 aliphatic carbocycles. The van der Waals surface area contributed by atoms with Crippen LogP contribution in [0.5, 0.6) is 0 Å². The van der Waals surface area contributed by atoms with Gasteiger partial charge in [-0.3, -0.25) is 4.57 Å². The van der Waals surface area contributed by atoms with Crippen molar-refractivity contribution in [3.8, 4) is 0 Å². The van der Waals surface area contributed by atoms with Crippen LogP contribution in [0, 0.1) is 5.92 Å². The van der Waals surface area contributed by atoms with Gasteiger partial charge < -0.3 is 9.05 Å². The van der Waals surface area contributed by atoms with E-state index < -0.39 is 7.60 Å². The normalized spacial score (nSPS) is 13.4. The summed E-state index contributed by atoms with van der Waals surface area (Å²) in [6.45, 7) is 11.0. The lowest BCUT2D eigenvalue weighted by Crippen LogP contribution is -2.04. The Bertz CT molecular complexity index is 273. The summed E-state index contributed by atoms with van der Waals surface area (Å²) in [5, 5.41) is 0. The number of rotatable bonds is 10. The minimum absolute atomic E-state index is 0.448. The van der Waals surface area contributed by atoms with Gasteiger partial charge in [-0.25, -0.2) is 0 Å². The van der Waals surface area contributed by atoms with Crippen molar-refractivity contribution in [2.45, 2.75) is 53.9 Å². The first kappa shape index (κ1) is 17.9. The van der Waals surface area contributed by atoms with Crippen LogP contribution < -0.4 is 0 Å². The Morgan fingerprint density at radius 1 is 1.17 bits per heavy atom. The minimum Gasteiger partial charge on any atom is -0.309 e. The Labute approximate surface area is 112 Å². The minimum atomic E-state index is -2.84. The lowest BCUT2D eigenvalue weighted by atomic mass is 10.0. The standard InChI is InChI=1S/C14H29O3P/c1-6-16-18(15,17-7-2)12-11-14(5)10-8-9-13(3)4/h9,14H,6-8,10-12H2,1-5H3. The van der Waals surface area contributed by atoms with E-state index in [2.05, 4.69) is 26.8 Å². The SMILES string of the molecule is CCOP(=O)(CCC(C)CCC=C(C)C)OCC. The number of allylic oxidation sites excluding steroid dienone is 2. The molecule has 4 heteroatoms. The van der Waals surface area contributed by atoms with Gasteiger partial charge in [0.1, 0.15) is 0 Å². The molecule has 0 rings (SSSR count). The number of hydrogen-bond donors (Lipinski definition) is 0. The summed E-state index contributed by atoms with van der Waals surface area (Å²) in [6.07, 6.45) is 5.90. The van der Waals surface area contributed by atoms with Crippen LogP contribution in [0.25, 0.3) is 0 Å². The molecular formula is C14H29O3P. The second-order valence-electron chi connectivity index (χ2n) is 4.92. The molecule has 0 spiro atoms. The second-order valence-corrected chi connectivity index (χ2v) is 7.11. The third-order valence-electron chi connectivity index (χ3n) is 2.76. The molecule has 0 aromatic carbocycles. The molecule has 0 saturated heterocycles. The second kappa shape index (κ2) is 9.77. The molecule has 0 radical (unpaired) electrons. The van der Waals surface area contributed by atoms with Gasteiger partial charge >= 0.3 is 7.60 Å². The first-order valence-corrected chi connectivity index (χ1v) is 8.67. The lowest BCUT2D eigenvalue weighted by molar-refractivity contribution is 0.218. The van der Waals surface area contributed by atoms with Crippen molar-refractivity contribution >= 4 is 7.60 Å². The van der Waals surface area contributed by atoms with Crippen molar-refractivity contribution in [1.82, 2.24) is 0 Å². The molecular weight excluding hydrogens is 247 g/mol. The van der Waals surface area contributed by atoms with E-state index in [0.29, 0.717) is 25.3 Å². The van der Waals surface area contributed by atoms with Gasteiger partial charge in [0.05, 0.1) is 19.4 Å². The quantitative estimate of drug-likeness (QED) is 0.415. The zero-order valence-corrected chi connectivity index (χ0v) is 13.5. The molecule has 18 heavy (non-hydrogen) atoms. The lowest BCUT2D eigenvalue weighted by Gasteiger charge is -2.18. The smallest absolute Gasteiger partial charge is 0.309 e. The Balaban J connectivity index is 4.03. The van der Waals surface area contributed by atoms with Crippen molar-refractivity contribution in [1.29, 1.82) is 0 Å². The third-order valence-corrected chi connectivity index (χ3v) is 4.87. The summed E-state index contributed by atoms with van der Waals surface area (Å²) in [7, 11) is -2.84. The molecule has 108 valence electrons.